The molecule has 1 amide bonds. The van der Waals surface area contributed by atoms with Gasteiger partial charge in [0.25, 0.3) is 5.91 Å². The van der Waals surface area contributed by atoms with Gasteiger partial charge in [0, 0.05) is 25.8 Å². The minimum absolute atomic E-state index is 0.427. The molecule has 0 aromatic heterocycles. The van der Waals surface area contributed by atoms with E-state index in [-0.39, 0.29) is 0 Å². The van der Waals surface area contributed by atoms with Crippen LogP contribution in [0.4, 0.5) is 5.69 Å². The smallest absolute Gasteiger partial charge is 0.322 e. The van der Waals surface area contributed by atoms with E-state index in [0.717, 1.165) is 5.69 Å². The molecule has 2 N–H and O–H groups in total. The van der Waals surface area contributed by atoms with Crippen molar-refractivity contribution in [2.45, 2.75) is 19.4 Å². The van der Waals surface area contributed by atoms with Gasteiger partial charge in [0.15, 0.2) is 5.60 Å². The second-order valence-corrected chi connectivity index (χ2v) is 5.08. The highest BCUT2D eigenvalue weighted by Crippen LogP contribution is 2.23. The van der Waals surface area contributed by atoms with Crippen molar-refractivity contribution in [2.75, 3.05) is 25.5 Å². The average Bonchev–Trinajstić information content (AvgIpc) is 2.35. The second-order valence-electron chi connectivity index (χ2n) is 5.08. The summed E-state index contributed by atoms with van der Waals surface area (Å²) in [4.78, 5) is 24.3. The van der Waals surface area contributed by atoms with Gasteiger partial charge in [0.1, 0.15) is 12.3 Å². The molecule has 0 fully saturated rings. The monoisotopic (exact) mass is 280 g/mol. The van der Waals surface area contributed by atoms with Crippen molar-refractivity contribution in [3.8, 4) is 5.75 Å². The SMILES string of the molecule is CN(C)c1cccc(OC(C)(C)C(=O)NCC(=O)O)c1. The molecule has 1 aromatic rings. The molecule has 0 spiro atoms. The molecule has 6 heteroatoms. The van der Waals surface area contributed by atoms with Gasteiger partial charge < -0.3 is 20.1 Å². The number of rotatable bonds is 6. The van der Waals surface area contributed by atoms with Crippen molar-refractivity contribution < 1.29 is 19.4 Å². The number of aliphatic carboxylic acids is 1. The topological polar surface area (TPSA) is 78.9 Å². The maximum Gasteiger partial charge on any atom is 0.322 e. The van der Waals surface area contributed by atoms with Crippen LogP contribution in [0.5, 0.6) is 5.75 Å². The average molecular weight is 280 g/mol. The maximum atomic E-state index is 11.9. The Morgan fingerprint density at radius 2 is 2.00 bits per heavy atom. The highest BCUT2D eigenvalue weighted by molar-refractivity contribution is 5.87. The maximum absolute atomic E-state index is 11.9. The summed E-state index contributed by atoms with van der Waals surface area (Å²) in [6.45, 7) is 2.75. The van der Waals surface area contributed by atoms with Crippen molar-refractivity contribution in [3.05, 3.63) is 24.3 Å². The Bertz CT molecular complexity index is 498. The summed E-state index contributed by atoms with van der Waals surface area (Å²) >= 11 is 0. The van der Waals surface area contributed by atoms with E-state index >= 15 is 0 Å². The van der Waals surface area contributed by atoms with E-state index in [1.54, 1.807) is 19.9 Å². The molecule has 110 valence electrons. The van der Waals surface area contributed by atoms with E-state index in [9.17, 15) is 9.59 Å². The molecule has 1 rings (SSSR count). The van der Waals surface area contributed by atoms with E-state index < -0.39 is 24.0 Å². The number of carboxylic acids is 1. The third kappa shape index (κ3) is 4.46. The van der Waals surface area contributed by atoms with Gasteiger partial charge in [0.2, 0.25) is 0 Å². The van der Waals surface area contributed by atoms with Crippen molar-refractivity contribution >= 4 is 17.6 Å². The van der Waals surface area contributed by atoms with Crippen LogP contribution in [0.15, 0.2) is 24.3 Å². The number of anilines is 1. The minimum atomic E-state index is -1.15. The number of nitrogens with one attached hydrogen (secondary N) is 1. The molecule has 20 heavy (non-hydrogen) atoms. The Hall–Kier alpha value is -2.24. The van der Waals surface area contributed by atoms with Crippen molar-refractivity contribution in [1.29, 1.82) is 0 Å². The molecule has 0 unspecified atom stereocenters. The molecule has 0 saturated heterocycles. The van der Waals surface area contributed by atoms with Crippen LogP contribution in [-0.2, 0) is 9.59 Å². The third-order valence-electron chi connectivity index (χ3n) is 2.65. The number of carboxylic acid groups (broad SMARTS) is 1. The fourth-order valence-electron chi connectivity index (χ4n) is 1.53. The number of carbonyl (C=O) groups is 2. The fraction of sp³-hybridized carbons (Fsp3) is 0.429. The quantitative estimate of drug-likeness (QED) is 0.816. The first kappa shape index (κ1) is 15.8. The highest BCUT2D eigenvalue weighted by atomic mass is 16.5. The summed E-state index contributed by atoms with van der Waals surface area (Å²) in [7, 11) is 3.81. The number of amides is 1. The second kappa shape index (κ2) is 6.27. The van der Waals surface area contributed by atoms with Crippen LogP contribution in [0.25, 0.3) is 0 Å². The van der Waals surface area contributed by atoms with Gasteiger partial charge in [-0.2, -0.15) is 0 Å². The summed E-state index contributed by atoms with van der Waals surface area (Å²) in [6.07, 6.45) is 0. The molecule has 0 heterocycles. The zero-order valence-electron chi connectivity index (χ0n) is 12.1. The zero-order chi connectivity index (χ0) is 15.3. The van der Waals surface area contributed by atoms with Gasteiger partial charge in [0.05, 0.1) is 0 Å². The molecule has 0 radical (unpaired) electrons. The van der Waals surface area contributed by atoms with Crippen molar-refractivity contribution in [3.63, 3.8) is 0 Å². The first-order chi connectivity index (χ1) is 9.22. The van der Waals surface area contributed by atoms with Crippen LogP contribution in [0.3, 0.4) is 0 Å². The number of ether oxygens (including phenoxy) is 1. The van der Waals surface area contributed by atoms with Gasteiger partial charge in [-0.1, -0.05) is 6.07 Å². The normalized spacial score (nSPS) is 10.8. The molecular formula is C14H20N2O4. The summed E-state index contributed by atoms with van der Waals surface area (Å²) in [5.41, 5.74) is -0.204. The van der Waals surface area contributed by atoms with Crippen LogP contribution in [0, 0.1) is 0 Å². The molecule has 6 nitrogen and oxygen atoms in total. The highest BCUT2D eigenvalue weighted by Gasteiger charge is 2.30. The Kier molecular flexibility index (Phi) is 4.96. The van der Waals surface area contributed by atoms with Crippen LogP contribution in [0.1, 0.15) is 13.8 Å². The molecule has 0 aliphatic carbocycles. The van der Waals surface area contributed by atoms with E-state index in [2.05, 4.69) is 5.32 Å². The lowest BCUT2D eigenvalue weighted by Gasteiger charge is -2.25. The predicted molar refractivity (Wildman–Crippen MR) is 76.1 cm³/mol. The number of hydrogen-bond acceptors (Lipinski definition) is 4. The lowest BCUT2D eigenvalue weighted by Crippen LogP contribution is -2.47. The predicted octanol–water partition coefficient (Wildman–Crippen LogP) is 1.11. The van der Waals surface area contributed by atoms with E-state index in [1.165, 1.54) is 0 Å². The Morgan fingerprint density at radius 1 is 1.35 bits per heavy atom. The van der Waals surface area contributed by atoms with Gasteiger partial charge in [-0.25, -0.2) is 0 Å². The summed E-state index contributed by atoms with van der Waals surface area (Å²) in [5, 5.41) is 10.9. The van der Waals surface area contributed by atoms with Crippen LogP contribution in [-0.4, -0.2) is 43.2 Å². The van der Waals surface area contributed by atoms with Gasteiger partial charge in [-0.05, 0) is 26.0 Å². The molecular weight excluding hydrogens is 260 g/mol. The van der Waals surface area contributed by atoms with Crippen LogP contribution < -0.4 is 15.0 Å². The van der Waals surface area contributed by atoms with Crippen molar-refractivity contribution in [1.82, 2.24) is 5.32 Å². The molecule has 0 atom stereocenters. The minimum Gasteiger partial charge on any atom is -0.480 e. The van der Waals surface area contributed by atoms with E-state index in [0.29, 0.717) is 5.75 Å². The Morgan fingerprint density at radius 3 is 2.55 bits per heavy atom. The molecule has 0 aliphatic heterocycles. The first-order valence-electron chi connectivity index (χ1n) is 6.19. The van der Waals surface area contributed by atoms with E-state index in [1.807, 2.05) is 37.2 Å². The zero-order valence-corrected chi connectivity index (χ0v) is 12.1. The van der Waals surface area contributed by atoms with Crippen LogP contribution >= 0.6 is 0 Å². The fourth-order valence-corrected chi connectivity index (χ4v) is 1.53. The lowest BCUT2D eigenvalue weighted by atomic mass is 10.1. The number of benzene rings is 1. The first-order valence-corrected chi connectivity index (χ1v) is 6.19. The number of hydrogen-bond donors (Lipinski definition) is 2. The largest absolute Gasteiger partial charge is 0.480 e. The molecule has 1 aromatic carbocycles. The Balaban J connectivity index is 2.77. The van der Waals surface area contributed by atoms with Crippen molar-refractivity contribution in [2.24, 2.45) is 0 Å². The summed E-state index contributed by atoms with van der Waals surface area (Å²) in [5.74, 6) is -1.02. The summed E-state index contributed by atoms with van der Waals surface area (Å²) < 4.78 is 5.66. The number of nitrogens with zero attached hydrogens (tertiary/aromatic N) is 1. The molecule has 0 saturated carbocycles. The number of carbonyl (C=O) groups excluding carboxylic acids is 1. The molecule has 0 bridgehead atoms. The Labute approximate surface area is 118 Å². The summed E-state index contributed by atoms with van der Waals surface area (Å²) in [6, 6.07) is 7.31. The van der Waals surface area contributed by atoms with E-state index in [4.69, 9.17) is 9.84 Å². The van der Waals surface area contributed by atoms with Crippen LogP contribution in [0.2, 0.25) is 0 Å². The van der Waals surface area contributed by atoms with Gasteiger partial charge >= 0.3 is 5.97 Å². The van der Waals surface area contributed by atoms with Gasteiger partial charge in [-0.15, -0.1) is 0 Å². The third-order valence-corrected chi connectivity index (χ3v) is 2.65. The van der Waals surface area contributed by atoms with Gasteiger partial charge in [-0.3, -0.25) is 9.59 Å². The standard InChI is InChI=1S/C14H20N2O4/c1-14(2,13(19)15-9-12(17)18)20-11-7-5-6-10(8-11)16(3)4/h5-8H,9H2,1-4H3,(H,15,19)(H,17,18). The lowest BCUT2D eigenvalue weighted by molar-refractivity contribution is -0.141. The molecule has 0 aliphatic rings.